The molecule has 4 nitrogen and oxygen atoms in total. The van der Waals surface area contributed by atoms with Crippen LogP contribution in [0, 0.1) is 0 Å². The maximum absolute atomic E-state index is 6.62. The first-order chi connectivity index (χ1) is 8.80. The summed E-state index contributed by atoms with van der Waals surface area (Å²) < 4.78 is 0. The van der Waals surface area contributed by atoms with E-state index in [0.29, 0.717) is 0 Å². The van der Waals surface area contributed by atoms with Crippen molar-refractivity contribution in [2.45, 2.75) is 37.6 Å². The van der Waals surface area contributed by atoms with Crippen molar-refractivity contribution in [1.29, 1.82) is 0 Å². The largest absolute Gasteiger partial charge is 0.321 e. The van der Waals surface area contributed by atoms with Gasteiger partial charge in [-0.05, 0) is 24.5 Å². The molecule has 0 aliphatic heterocycles. The lowest BCUT2D eigenvalue weighted by molar-refractivity contribution is 0.301. The van der Waals surface area contributed by atoms with Crippen molar-refractivity contribution in [2.75, 3.05) is 0 Å². The van der Waals surface area contributed by atoms with E-state index in [0.717, 1.165) is 18.5 Å². The van der Waals surface area contributed by atoms with Crippen LogP contribution in [-0.2, 0) is 5.54 Å². The lowest BCUT2D eigenvalue weighted by Crippen LogP contribution is -2.39. The maximum atomic E-state index is 6.62. The Morgan fingerprint density at radius 2 is 1.67 bits per heavy atom. The van der Waals surface area contributed by atoms with E-state index in [1.165, 1.54) is 24.8 Å². The molecule has 0 atom stereocenters. The Bertz CT molecular complexity index is 512. The first kappa shape index (κ1) is 11.4. The molecule has 0 bridgehead atoms. The minimum atomic E-state index is -0.220. The van der Waals surface area contributed by atoms with Gasteiger partial charge in [0, 0.05) is 5.54 Å². The molecule has 0 amide bonds. The smallest absolute Gasteiger partial charge is 0.0907 e. The van der Waals surface area contributed by atoms with Crippen molar-refractivity contribution in [3.8, 4) is 5.69 Å². The van der Waals surface area contributed by atoms with Crippen LogP contribution < -0.4 is 5.73 Å². The molecule has 1 aromatic heterocycles. The normalized spacial score (nSPS) is 18.7. The number of hydrogen-bond donors (Lipinski definition) is 1. The van der Waals surface area contributed by atoms with Gasteiger partial charge in [0.05, 0.1) is 18.1 Å². The molecule has 94 valence electrons. The summed E-state index contributed by atoms with van der Waals surface area (Å²) in [7, 11) is 0. The topological polar surface area (TPSA) is 56.7 Å². The van der Waals surface area contributed by atoms with Crippen molar-refractivity contribution in [1.82, 2.24) is 15.0 Å². The van der Waals surface area contributed by atoms with Crippen molar-refractivity contribution < 1.29 is 0 Å². The number of aromatic nitrogens is 3. The van der Waals surface area contributed by atoms with Crippen LogP contribution >= 0.6 is 0 Å². The monoisotopic (exact) mass is 242 g/mol. The number of benzene rings is 1. The highest BCUT2D eigenvalue weighted by Crippen LogP contribution is 2.37. The Balaban J connectivity index is 2.06. The van der Waals surface area contributed by atoms with E-state index in [1.807, 2.05) is 18.2 Å². The molecule has 0 saturated heterocycles. The lowest BCUT2D eigenvalue weighted by atomic mass is 9.77. The van der Waals surface area contributed by atoms with Crippen LogP contribution in [0.15, 0.2) is 36.7 Å². The van der Waals surface area contributed by atoms with Crippen LogP contribution in [0.1, 0.15) is 37.7 Å². The van der Waals surface area contributed by atoms with Gasteiger partial charge >= 0.3 is 0 Å². The van der Waals surface area contributed by atoms with Gasteiger partial charge in [-0.2, -0.15) is 15.0 Å². The van der Waals surface area contributed by atoms with Gasteiger partial charge in [0.25, 0.3) is 0 Å². The van der Waals surface area contributed by atoms with Gasteiger partial charge in [0.15, 0.2) is 0 Å². The van der Waals surface area contributed by atoms with E-state index in [2.05, 4.69) is 16.3 Å². The third kappa shape index (κ3) is 1.93. The fourth-order valence-electron chi connectivity index (χ4n) is 2.86. The van der Waals surface area contributed by atoms with Crippen LogP contribution in [-0.4, -0.2) is 15.0 Å². The summed E-state index contributed by atoms with van der Waals surface area (Å²) in [6.45, 7) is 0. The van der Waals surface area contributed by atoms with Gasteiger partial charge in [-0.25, -0.2) is 0 Å². The average Bonchev–Trinajstić information content (AvgIpc) is 2.93. The number of nitrogens with two attached hydrogens (primary N) is 1. The summed E-state index contributed by atoms with van der Waals surface area (Å²) in [5, 5.41) is 8.45. The van der Waals surface area contributed by atoms with Crippen molar-refractivity contribution in [3.05, 3.63) is 42.2 Å². The molecule has 2 N–H and O–H groups in total. The molecule has 1 fully saturated rings. The summed E-state index contributed by atoms with van der Waals surface area (Å²) in [4.78, 5) is 1.67. The minimum absolute atomic E-state index is 0.220. The second-order valence-corrected chi connectivity index (χ2v) is 5.05. The molecule has 2 aromatic rings. The molecular weight excluding hydrogens is 224 g/mol. The van der Waals surface area contributed by atoms with E-state index in [1.54, 1.807) is 17.2 Å². The first-order valence-electron chi connectivity index (χ1n) is 6.55. The first-order valence-corrected chi connectivity index (χ1v) is 6.55. The summed E-state index contributed by atoms with van der Waals surface area (Å²) >= 11 is 0. The average molecular weight is 242 g/mol. The number of nitrogens with zero attached hydrogens (tertiary/aromatic N) is 3. The second kappa shape index (κ2) is 4.53. The summed E-state index contributed by atoms with van der Waals surface area (Å²) in [5.74, 6) is 0. The molecular formula is C14H18N4. The van der Waals surface area contributed by atoms with E-state index >= 15 is 0 Å². The Labute approximate surface area is 107 Å². The van der Waals surface area contributed by atoms with E-state index < -0.39 is 0 Å². The fraction of sp³-hybridized carbons (Fsp3) is 0.429. The van der Waals surface area contributed by atoms with Crippen LogP contribution in [0.25, 0.3) is 5.69 Å². The zero-order valence-corrected chi connectivity index (χ0v) is 10.4. The highest BCUT2D eigenvalue weighted by Gasteiger charge is 2.31. The van der Waals surface area contributed by atoms with Gasteiger partial charge < -0.3 is 5.73 Å². The highest BCUT2D eigenvalue weighted by molar-refractivity contribution is 5.44. The third-order valence-corrected chi connectivity index (χ3v) is 3.82. The van der Waals surface area contributed by atoms with Gasteiger partial charge in [-0.3, -0.25) is 0 Å². The summed E-state index contributed by atoms with van der Waals surface area (Å²) in [6, 6.07) is 8.21. The third-order valence-electron chi connectivity index (χ3n) is 3.82. The van der Waals surface area contributed by atoms with Crippen LogP contribution in [0.5, 0.6) is 0 Å². The molecule has 1 aliphatic carbocycles. The molecule has 0 unspecified atom stereocenters. The fourth-order valence-corrected chi connectivity index (χ4v) is 2.86. The van der Waals surface area contributed by atoms with E-state index in [9.17, 15) is 0 Å². The molecule has 1 aliphatic rings. The quantitative estimate of drug-likeness (QED) is 0.879. The van der Waals surface area contributed by atoms with Crippen LogP contribution in [0.3, 0.4) is 0 Å². The lowest BCUT2D eigenvalue weighted by Gasteiger charge is -2.35. The second-order valence-electron chi connectivity index (χ2n) is 5.05. The van der Waals surface area contributed by atoms with Gasteiger partial charge in [-0.1, -0.05) is 37.5 Å². The Morgan fingerprint density at radius 3 is 2.39 bits per heavy atom. The summed E-state index contributed by atoms with van der Waals surface area (Å²) in [5.41, 5.74) is 8.57. The Morgan fingerprint density at radius 1 is 1.00 bits per heavy atom. The van der Waals surface area contributed by atoms with Gasteiger partial charge in [0.1, 0.15) is 0 Å². The van der Waals surface area contributed by atoms with E-state index in [-0.39, 0.29) is 5.54 Å². The molecule has 1 heterocycles. The molecule has 18 heavy (non-hydrogen) atoms. The molecule has 1 saturated carbocycles. The standard InChI is InChI=1S/C14H18N4/c15-14(8-4-1-5-9-14)12-6-2-3-7-13(12)18-16-10-11-17-18/h2-3,6-7,10-11H,1,4-5,8-9,15H2. The Hall–Kier alpha value is -1.68. The van der Waals surface area contributed by atoms with Crippen molar-refractivity contribution >= 4 is 0 Å². The number of hydrogen-bond acceptors (Lipinski definition) is 3. The molecule has 4 heteroatoms. The van der Waals surface area contributed by atoms with Crippen molar-refractivity contribution in [3.63, 3.8) is 0 Å². The zero-order valence-electron chi connectivity index (χ0n) is 10.4. The maximum Gasteiger partial charge on any atom is 0.0907 e. The van der Waals surface area contributed by atoms with Crippen LogP contribution in [0.2, 0.25) is 0 Å². The zero-order chi connectivity index (χ0) is 12.4. The molecule has 0 radical (unpaired) electrons. The van der Waals surface area contributed by atoms with Gasteiger partial charge in [0.2, 0.25) is 0 Å². The predicted octanol–water partition coefficient (Wildman–Crippen LogP) is 2.39. The highest BCUT2D eigenvalue weighted by atomic mass is 15.5. The van der Waals surface area contributed by atoms with E-state index in [4.69, 9.17) is 5.73 Å². The minimum Gasteiger partial charge on any atom is -0.321 e. The number of rotatable bonds is 2. The predicted molar refractivity (Wildman–Crippen MR) is 70.3 cm³/mol. The van der Waals surface area contributed by atoms with Gasteiger partial charge in [-0.15, -0.1) is 0 Å². The summed E-state index contributed by atoms with van der Waals surface area (Å²) in [6.07, 6.45) is 9.19. The Kier molecular flexibility index (Phi) is 2.88. The molecule has 0 spiro atoms. The van der Waals surface area contributed by atoms with Crippen LogP contribution in [0.4, 0.5) is 0 Å². The SMILES string of the molecule is NC1(c2ccccc2-n2nccn2)CCCCC1. The number of para-hydroxylation sites is 1. The van der Waals surface area contributed by atoms with Crippen molar-refractivity contribution in [2.24, 2.45) is 5.73 Å². The molecule has 1 aromatic carbocycles. The molecule has 3 rings (SSSR count).